The largest absolute Gasteiger partial charge is 0.496 e. The normalized spacial score (nSPS) is 18.3. The lowest BCUT2D eigenvalue weighted by atomic mass is 9.75. The Balaban J connectivity index is 2.36. The summed E-state index contributed by atoms with van der Waals surface area (Å²) in [6, 6.07) is 6.19. The van der Waals surface area contributed by atoms with E-state index in [1.165, 1.54) is 12.0 Å². The highest BCUT2D eigenvalue weighted by Crippen LogP contribution is 2.45. The summed E-state index contributed by atoms with van der Waals surface area (Å²) in [6.45, 7) is 0. The van der Waals surface area contributed by atoms with E-state index < -0.39 is 0 Å². The predicted octanol–water partition coefficient (Wildman–Crippen LogP) is 3.48. The summed E-state index contributed by atoms with van der Waals surface area (Å²) in [5, 5.41) is 0. The summed E-state index contributed by atoms with van der Waals surface area (Å²) >= 11 is 3.45. The molecule has 0 spiro atoms. The Labute approximate surface area is 98.7 Å². The van der Waals surface area contributed by atoms with Crippen molar-refractivity contribution < 1.29 is 9.47 Å². The van der Waals surface area contributed by atoms with E-state index in [2.05, 4.69) is 28.1 Å². The molecule has 0 unspecified atom stereocenters. The molecule has 0 radical (unpaired) electrons. The first kappa shape index (κ1) is 11.0. The third-order valence-electron chi connectivity index (χ3n) is 3.23. The molecule has 0 bridgehead atoms. The zero-order valence-electron chi connectivity index (χ0n) is 9.05. The molecule has 2 rings (SSSR count). The van der Waals surface area contributed by atoms with Gasteiger partial charge in [-0.2, -0.15) is 0 Å². The second-order valence-electron chi connectivity index (χ2n) is 3.90. The Morgan fingerprint density at radius 1 is 1.27 bits per heavy atom. The first-order valence-electron chi connectivity index (χ1n) is 5.11. The topological polar surface area (TPSA) is 18.5 Å². The average molecular weight is 271 g/mol. The van der Waals surface area contributed by atoms with Gasteiger partial charge in [0.2, 0.25) is 0 Å². The maximum Gasteiger partial charge on any atom is 0.133 e. The van der Waals surface area contributed by atoms with Crippen molar-refractivity contribution in [1.29, 1.82) is 0 Å². The Hall–Kier alpha value is -0.540. The fourth-order valence-corrected chi connectivity index (χ4v) is 2.46. The molecule has 0 aliphatic heterocycles. The lowest BCUT2D eigenvalue weighted by molar-refractivity contribution is -0.0779. The summed E-state index contributed by atoms with van der Waals surface area (Å²) in [5.74, 6) is 0.871. The Kier molecular flexibility index (Phi) is 3.03. The molecule has 15 heavy (non-hydrogen) atoms. The van der Waals surface area contributed by atoms with Gasteiger partial charge in [0.25, 0.3) is 0 Å². The minimum absolute atomic E-state index is 0.0615. The molecule has 2 nitrogen and oxygen atoms in total. The smallest absolute Gasteiger partial charge is 0.133 e. The van der Waals surface area contributed by atoms with Gasteiger partial charge in [0.1, 0.15) is 5.75 Å². The monoisotopic (exact) mass is 270 g/mol. The molecular weight excluding hydrogens is 256 g/mol. The second-order valence-corrected chi connectivity index (χ2v) is 4.76. The Morgan fingerprint density at radius 2 is 2.00 bits per heavy atom. The summed E-state index contributed by atoms with van der Waals surface area (Å²) < 4.78 is 11.9. The van der Waals surface area contributed by atoms with Gasteiger partial charge in [0.15, 0.2) is 0 Å². The van der Waals surface area contributed by atoms with Crippen LogP contribution >= 0.6 is 15.9 Å². The van der Waals surface area contributed by atoms with Gasteiger partial charge in [0.05, 0.1) is 17.2 Å². The van der Waals surface area contributed by atoms with Crippen LogP contribution in [0.25, 0.3) is 0 Å². The van der Waals surface area contributed by atoms with E-state index in [1.807, 2.05) is 6.07 Å². The number of benzene rings is 1. The van der Waals surface area contributed by atoms with Crippen molar-refractivity contribution in [2.24, 2.45) is 0 Å². The summed E-state index contributed by atoms with van der Waals surface area (Å²) in [7, 11) is 3.47. The van der Waals surface area contributed by atoms with E-state index >= 15 is 0 Å². The van der Waals surface area contributed by atoms with Gasteiger partial charge in [-0.25, -0.2) is 0 Å². The highest BCUT2D eigenvalue weighted by atomic mass is 79.9. The fraction of sp³-hybridized carbons (Fsp3) is 0.500. The number of methoxy groups -OCH3 is 2. The van der Waals surface area contributed by atoms with Crippen LogP contribution in [0.1, 0.15) is 24.8 Å². The van der Waals surface area contributed by atoms with Crippen molar-refractivity contribution in [1.82, 2.24) is 0 Å². The van der Waals surface area contributed by atoms with E-state index in [1.54, 1.807) is 14.2 Å². The molecule has 0 amide bonds. The second kappa shape index (κ2) is 4.14. The summed E-state index contributed by atoms with van der Waals surface area (Å²) in [5.41, 5.74) is 1.16. The Morgan fingerprint density at radius 3 is 2.47 bits per heavy atom. The molecule has 1 saturated carbocycles. The van der Waals surface area contributed by atoms with Crippen LogP contribution in [0.5, 0.6) is 5.75 Å². The van der Waals surface area contributed by atoms with Gasteiger partial charge in [-0.15, -0.1) is 0 Å². The van der Waals surface area contributed by atoms with Crippen molar-refractivity contribution in [2.45, 2.75) is 24.9 Å². The molecule has 0 heterocycles. The zero-order chi connectivity index (χ0) is 10.9. The van der Waals surface area contributed by atoms with Crippen molar-refractivity contribution >= 4 is 15.9 Å². The number of rotatable bonds is 3. The minimum Gasteiger partial charge on any atom is -0.496 e. The number of ether oxygens (including phenoxy) is 2. The summed E-state index contributed by atoms with van der Waals surface area (Å²) in [6.07, 6.45) is 3.45. The molecule has 1 aromatic carbocycles. The maximum atomic E-state index is 5.63. The molecule has 1 aromatic rings. The molecule has 0 atom stereocenters. The van der Waals surface area contributed by atoms with E-state index in [4.69, 9.17) is 9.47 Å². The SMILES string of the molecule is COc1cc(C2(OC)CCC2)ccc1Br. The maximum absolute atomic E-state index is 5.63. The van der Waals surface area contributed by atoms with Crippen LogP contribution in [0.4, 0.5) is 0 Å². The average Bonchev–Trinajstić information content (AvgIpc) is 2.19. The van der Waals surface area contributed by atoms with Gasteiger partial charge >= 0.3 is 0 Å². The van der Waals surface area contributed by atoms with E-state index in [9.17, 15) is 0 Å². The molecule has 82 valence electrons. The molecule has 1 aliphatic carbocycles. The third-order valence-corrected chi connectivity index (χ3v) is 3.88. The molecule has 1 fully saturated rings. The zero-order valence-corrected chi connectivity index (χ0v) is 10.6. The molecule has 1 aliphatic rings. The van der Waals surface area contributed by atoms with Gasteiger partial charge in [0, 0.05) is 7.11 Å². The van der Waals surface area contributed by atoms with Crippen LogP contribution in [0, 0.1) is 0 Å². The molecule has 0 aromatic heterocycles. The molecule has 0 N–H and O–H groups in total. The van der Waals surface area contributed by atoms with Gasteiger partial charge in [-0.05, 0) is 52.9 Å². The van der Waals surface area contributed by atoms with Crippen molar-refractivity contribution in [3.63, 3.8) is 0 Å². The first-order chi connectivity index (χ1) is 7.22. The van der Waals surface area contributed by atoms with Crippen molar-refractivity contribution in [3.8, 4) is 5.75 Å². The third kappa shape index (κ3) is 1.79. The quantitative estimate of drug-likeness (QED) is 0.837. The lowest BCUT2D eigenvalue weighted by Gasteiger charge is -2.41. The predicted molar refractivity (Wildman–Crippen MR) is 63.2 cm³/mol. The van der Waals surface area contributed by atoms with Crippen LogP contribution in [0.2, 0.25) is 0 Å². The summed E-state index contributed by atoms with van der Waals surface area (Å²) in [4.78, 5) is 0. The van der Waals surface area contributed by atoms with Gasteiger partial charge < -0.3 is 9.47 Å². The van der Waals surface area contributed by atoms with Gasteiger partial charge in [-0.3, -0.25) is 0 Å². The number of hydrogen-bond acceptors (Lipinski definition) is 2. The molecule has 3 heteroatoms. The van der Waals surface area contributed by atoms with Crippen molar-refractivity contribution in [2.75, 3.05) is 14.2 Å². The lowest BCUT2D eigenvalue weighted by Crippen LogP contribution is -2.35. The highest BCUT2D eigenvalue weighted by Gasteiger charge is 2.39. The van der Waals surface area contributed by atoms with Crippen LogP contribution in [-0.4, -0.2) is 14.2 Å². The highest BCUT2D eigenvalue weighted by molar-refractivity contribution is 9.10. The van der Waals surface area contributed by atoms with E-state index in [0.717, 1.165) is 23.1 Å². The van der Waals surface area contributed by atoms with Crippen LogP contribution in [0.3, 0.4) is 0 Å². The van der Waals surface area contributed by atoms with Crippen LogP contribution in [-0.2, 0) is 10.3 Å². The fourth-order valence-electron chi connectivity index (χ4n) is 2.05. The van der Waals surface area contributed by atoms with Gasteiger partial charge in [-0.1, -0.05) is 6.07 Å². The van der Waals surface area contributed by atoms with Crippen LogP contribution in [0.15, 0.2) is 22.7 Å². The minimum atomic E-state index is -0.0615. The molecule has 0 saturated heterocycles. The molecular formula is C12H15BrO2. The number of hydrogen-bond donors (Lipinski definition) is 0. The standard InChI is InChI=1S/C12H15BrO2/c1-14-11-8-9(4-5-10(11)13)12(15-2)6-3-7-12/h4-5,8H,3,6-7H2,1-2H3. The Bertz CT molecular complexity index is 353. The first-order valence-corrected chi connectivity index (χ1v) is 5.90. The van der Waals surface area contributed by atoms with Crippen LogP contribution < -0.4 is 4.74 Å². The van der Waals surface area contributed by atoms with Crippen molar-refractivity contribution in [3.05, 3.63) is 28.2 Å². The number of halogens is 1. The van der Waals surface area contributed by atoms with E-state index in [-0.39, 0.29) is 5.60 Å². The van der Waals surface area contributed by atoms with E-state index in [0.29, 0.717) is 0 Å².